The van der Waals surface area contributed by atoms with Gasteiger partial charge in [0.25, 0.3) is 5.91 Å². The minimum absolute atomic E-state index is 0.189. The van der Waals surface area contributed by atoms with Gasteiger partial charge >= 0.3 is 0 Å². The van der Waals surface area contributed by atoms with E-state index in [4.69, 9.17) is 4.74 Å². The largest absolute Gasteiger partial charge is 0.482 e. The predicted octanol–water partition coefficient (Wildman–Crippen LogP) is 0.265. The van der Waals surface area contributed by atoms with Gasteiger partial charge in [-0.2, -0.15) is 5.10 Å². The molecular formula is C17H18N6O3. The van der Waals surface area contributed by atoms with E-state index in [1.54, 1.807) is 64.4 Å². The lowest BCUT2D eigenvalue weighted by Gasteiger charge is -2.16. The fourth-order valence-electron chi connectivity index (χ4n) is 2.92. The number of carbonyl (C=O) groups excluding carboxylic acids is 1. The van der Waals surface area contributed by atoms with Crippen LogP contribution in [0.4, 0.5) is 0 Å². The van der Waals surface area contributed by atoms with Gasteiger partial charge in [0, 0.05) is 25.6 Å². The van der Waals surface area contributed by atoms with Gasteiger partial charge in [-0.25, -0.2) is 9.97 Å². The summed E-state index contributed by atoms with van der Waals surface area (Å²) in [4.78, 5) is 22.5. The number of amides is 1. The number of aliphatic hydroxyl groups excluding tert-OH is 1. The highest BCUT2D eigenvalue weighted by atomic mass is 16.5. The Bertz CT molecular complexity index is 890. The van der Waals surface area contributed by atoms with E-state index in [-0.39, 0.29) is 12.5 Å². The summed E-state index contributed by atoms with van der Waals surface area (Å²) in [6.45, 7) is 0.519. The van der Waals surface area contributed by atoms with E-state index in [1.165, 1.54) is 6.20 Å². The Labute approximate surface area is 149 Å². The number of hydrogen-bond donors (Lipinski definition) is 1. The van der Waals surface area contributed by atoms with Crippen molar-refractivity contribution >= 4 is 5.91 Å². The quantitative estimate of drug-likeness (QED) is 0.722. The van der Waals surface area contributed by atoms with Crippen molar-refractivity contribution in [2.45, 2.75) is 12.2 Å². The van der Waals surface area contributed by atoms with Gasteiger partial charge in [0.1, 0.15) is 24.4 Å². The average Bonchev–Trinajstić information content (AvgIpc) is 3.38. The highest BCUT2D eigenvalue weighted by Crippen LogP contribution is 2.20. The Morgan fingerprint density at radius 1 is 1.31 bits per heavy atom. The zero-order valence-electron chi connectivity index (χ0n) is 14.1. The summed E-state index contributed by atoms with van der Waals surface area (Å²) >= 11 is 0. The summed E-state index contributed by atoms with van der Waals surface area (Å²) in [6.07, 6.45) is 8.67. The number of hydrogen-bond acceptors (Lipinski definition) is 6. The van der Waals surface area contributed by atoms with Gasteiger partial charge in [0.05, 0.1) is 31.0 Å². The van der Waals surface area contributed by atoms with E-state index in [0.29, 0.717) is 23.7 Å². The number of pyridine rings is 1. The van der Waals surface area contributed by atoms with E-state index in [9.17, 15) is 9.90 Å². The number of imidazole rings is 1. The molecule has 1 saturated heterocycles. The van der Waals surface area contributed by atoms with Gasteiger partial charge in [-0.05, 0) is 12.1 Å². The second kappa shape index (κ2) is 6.60. The van der Waals surface area contributed by atoms with Crippen LogP contribution in [-0.2, 0) is 7.05 Å². The maximum atomic E-state index is 12.7. The fourth-order valence-corrected chi connectivity index (χ4v) is 2.92. The van der Waals surface area contributed by atoms with E-state index < -0.39 is 12.2 Å². The minimum Gasteiger partial charge on any atom is -0.482 e. The molecule has 1 N–H and O–H groups in total. The molecule has 3 aromatic rings. The van der Waals surface area contributed by atoms with Crippen molar-refractivity contribution in [2.24, 2.45) is 7.05 Å². The molecule has 0 spiro atoms. The second-order valence-corrected chi connectivity index (χ2v) is 6.16. The molecule has 0 saturated carbocycles. The molecule has 26 heavy (non-hydrogen) atoms. The van der Waals surface area contributed by atoms with Crippen molar-refractivity contribution in [1.82, 2.24) is 29.2 Å². The number of likely N-dealkylation sites (tertiary alicyclic amines) is 1. The van der Waals surface area contributed by atoms with E-state index in [2.05, 4.69) is 15.1 Å². The first kappa shape index (κ1) is 16.3. The van der Waals surface area contributed by atoms with Crippen LogP contribution in [-0.4, -0.2) is 65.5 Å². The van der Waals surface area contributed by atoms with E-state index in [1.807, 2.05) is 0 Å². The first-order valence-corrected chi connectivity index (χ1v) is 8.17. The van der Waals surface area contributed by atoms with Crippen LogP contribution < -0.4 is 4.74 Å². The molecule has 2 atom stereocenters. The second-order valence-electron chi connectivity index (χ2n) is 6.16. The van der Waals surface area contributed by atoms with Gasteiger partial charge in [0.2, 0.25) is 0 Å². The topological polar surface area (TPSA) is 98.3 Å². The molecular weight excluding hydrogens is 336 g/mol. The van der Waals surface area contributed by atoms with Gasteiger partial charge in [-0.3, -0.25) is 14.0 Å². The number of nitrogens with zero attached hydrogens (tertiary/aromatic N) is 6. The Morgan fingerprint density at radius 3 is 2.85 bits per heavy atom. The molecule has 1 amide bonds. The molecule has 0 bridgehead atoms. The van der Waals surface area contributed by atoms with Gasteiger partial charge in [-0.1, -0.05) is 0 Å². The van der Waals surface area contributed by atoms with Crippen LogP contribution in [0.2, 0.25) is 0 Å². The van der Waals surface area contributed by atoms with Crippen LogP contribution in [0, 0.1) is 0 Å². The molecule has 9 heteroatoms. The summed E-state index contributed by atoms with van der Waals surface area (Å²) in [7, 11) is 1.79. The number of aryl methyl sites for hydroxylation is 1. The van der Waals surface area contributed by atoms with Crippen molar-refractivity contribution in [2.75, 3.05) is 13.1 Å². The Balaban J connectivity index is 1.43. The van der Waals surface area contributed by atoms with E-state index >= 15 is 0 Å². The van der Waals surface area contributed by atoms with Crippen molar-refractivity contribution in [3.63, 3.8) is 0 Å². The van der Waals surface area contributed by atoms with Crippen molar-refractivity contribution < 1.29 is 14.6 Å². The Kier molecular flexibility index (Phi) is 4.13. The lowest BCUT2D eigenvalue weighted by molar-refractivity contribution is 0.0729. The number of rotatable bonds is 4. The van der Waals surface area contributed by atoms with Gasteiger partial charge < -0.3 is 14.7 Å². The molecule has 9 nitrogen and oxygen atoms in total. The minimum atomic E-state index is -0.752. The number of aromatic nitrogens is 5. The molecule has 1 aliphatic rings. The summed E-state index contributed by atoms with van der Waals surface area (Å²) in [6, 6.07) is 3.47. The zero-order chi connectivity index (χ0) is 18.1. The molecule has 0 radical (unpaired) electrons. The number of carbonyl (C=O) groups is 1. The molecule has 3 aromatic heterocycles. The molecule has 134 valence electrons. The van der Waals surface area contributed by atoms with Gasteiger partial charge in [-0.15, -0.1) is 0 Å². The molecule has 1 aliphatic heterocycles. The van der Waals surface area contributed by atoms with Crippen LogP contribution in [0.15, 0.2) is 49.4 Å². The molecule has 0 aromatic carbocycles. The predicted molar refractivity (Wildman–Crippen MR) is 90.9 cm³/mol. The monoisotopic (exact) mass is 354 g/mol. The van der Waals surface area contributed by atoms with Gasteiger partial charge in [0.15, 0.2) is 5.75 Å². The molecule has 1 fully saturated rings. The first-order chi connectivity index (χ1) is 12.6. The number of ether oxygens (including phenoxy) is 1. The summed E-state index contributed by atoms with van der Waals surface area (Å²) in [5, 5.41) is 14.2. The highest BCUT2D eigenvalue weighted by molar-refractivity contribution is 5.94. The number of β-amino-alcohol motifs (C(OH)–C–C–N with tert-alkyl or cyclic N) is 1. The third-order valence-corrected chi connectivity index (χ3v) is 4.26. The SMILES string of the molecule is Cn1cc(O[C@@H]2CN(C(=O)c3ccc(-n4ccnc4)nc3)C[C@H]2O)cn1. The molecule has 0 unspecified atom stereocenters. The smallest absolute Gasteiger partial charge is 0.255 e. The summed E-state index contributed by atoms with van der Waals surface area (Å²) in [5.41, 5.74) is 0.461. The molecule has 4 heterocycles. The fraction of sp³-hybridized carbons (Fsp3) is 0.294. The first-order valence-electron chi connectivity index (χ1n) is 8.17. The van der Waals surface area contributed by atoms with Crippen LogP contribution in [0.25, 0.3) is 5.82 Å². The van der Waals surface area contributed by atoms with Crippen molar-refractivity contribution in [1.29, 1.82) is 0 Å². The van der Waals surface area contributed by atoms with Crippen LogP contribution >= 0.6 is 0 Å². The standard InChI is InChI=1S/C17H18N6O3/c1-21-8-13(7-20-21)26-15-10-23(9-14(15)24)17(25)12-2-3-16(19-6-12)22-5-4-18-11-22/h2-8,11,14-15,24H,9-10H2,1H3/t14-,15-/m1/s1. The highest BCUT2D eigenvalue weighted by Gasteiger charge is 2.36. The molecule has 4 rings (SSSR count). The Morgan fingerprint density at radius 2 is 2.19 bits per heavy atom. The maximum Gasteiger partial charge on any atom is 0.255 e. The third kappa shape index (κ3) is 3.16. The number of aliphatic hydroxyl groups is 1. The van der Waals surface area contributed by atoms with Crippen LogP contribution in [0.3, 0.4) is 0 Å². The van der Waals surface area contributed by atoms with Crippen LogP contribution in [0.1, 0.15) is 10.4 Å². The molecule has 0 aliphatic carbocycles. The Hall–Kier alpha value is -3.20. The van der Waals surface area contributed by atoms with Crippen molar-refractivity contribution in [3.8, 4) is 11.6 Å². The normalized spacial score (nSPS) is 19.7. The zero-order valence-corrected chi connectivity index (χ0v) is 14.1. The lowest BCUT2D eigenvalue weighted by Crippen LogP contribution is -2.31. The summed E-state index contributed by atoms with van der Waals surface area (Å²) < 4.78 is 9.11. The lowest BCUT2D eigenvalue weighted by atomic mass is 10.2. The van der Waals surface area contributed by atoms with Crippen molar-refractivity contribution in [3.05, 3.63) is 55.0 Å². The van der Waals surface area contributed by atoms with Crippen LogP contribution in [0.5, 0.6) is 5.75 Å². The summed E-state index contributed by atoms with van der Waals surface area (Å²) in [5.74, 6) is 1.06. The average molecular weight is 354 g/mol. The third-order valence-electron chi connectivity index (χ3n) is 4.26. The maximum absolute atomic E-state index is 12.7. The van der Waals surface area contributed by atoms with E-state index in [0.717, 1.165) is 0 Å².